The van der Waals surface area contributed by atoms with Crippen molar-refractivity contribution in [2.75, 3.05) is 17.7 Å². The lowest BCUT2D eigenvalue weighted by molar-refractivity contribution is 0.102. The smallest absolute Gasteiger partial charge is 0.259 e. The Morgan fingerprint density at radius 2 is 1.90 bits per heavy atom. The summed E-state index contributed by atoms with van der Waals surface area (Å²) in [5.41, 5.74) is 3.82. The van der Waals surface area contributed by atoms with Gasteiger partial charge in [-0.25, -0.2) is 0 Å². The zero-order chi connectivity index (χ0) is 20.1. The molecule has 2 aromatic heterocycles. The van der Waals surface area contributed by atoms with Crippen molar-refractivity contribution in [2.45, 2.75) is 38.6 Å². The molecular formula is C23H25N3O2S. The second kappa shape index (κ2) is 9.09. The van der Waals surface area contributed by atoms with Gasteiger partial charge in [0.15, 0.2) is 0 Å². The number of nitrogens with zero attached hydrogens (tertiary/aromatic N) is 1. The third-order valence-corrected chi connectivity index (χ3v) is 6.46. The molecule has 3 aromatic rings. The Morgan fingerprint density at radius 3 is 2.72 bits per heavy atom. The molecular weight excluding hydrogens is 382 g/mol. The van der Waals surface area contributed by atoms with Gasteiger partial charge in [0, 0.05) is 23.8 Å². The fourth-order valence-corrected chi connectivity index (χ4v) is 5.01. The highest BCUT2D eigenvalue weighted by Crippen LogP contribution is 2.38. The number of nitrogens with one attached hydrogen (secondary N) is 2. The van der Waals surface area contributed by atoms with Crippen LogP contribution in [0.15, 0.2) is 48.8 Å². The van der Waals surface area contributed by atoms with E-state index in [1.165, 1.54) is 23.3 Å². The van der Waals surface area contributed by atoms with Crippen LogP contribution in [0.25, 0.3) is 0 Å². The average molecular weight is 408 g/mol. The van der Waals surface area contributed by atoms with Gasteiger partial charge in [-0.15, -0.1) is 11.3 Å². The fourth-order valence-electron chi connectivity index (χ4n) is 3.72. The molecule has 0 atom stereocenters. The van der Waals surface area contributed by atoms with Crippen LogP contribution in [0.4, 0.5) is 10.7 Å². The summed E-state index contributed by atoms with van der Waals surface area (Å²) < 4.78 is 5.40. The standard InChI is InChI=1S/C23H25N3O2S/c1-28-19-9-6-5-8-18(19)26-22(27)21-17-7-3-2-4-10-20(17)29-23(21)25-15-16-11-13-24-14-12-16/h5-6,8-9,11-14,25H,2-4,7,10,15H2,1H3,(H,26,27). The van der Waals surface area contributed by atoms with Crippen LogP contribution in [-0.2, 0) is 19.4 Å². The molecule has 4 rings (SSSR count). The first kappa shape index (κ1) is 19.5. The SMILES string of the molecule is COc1ccccc1NC(=O)c1c(NCc2ccncc2)sc2c1CCCCC2. The Balaban J connectivity index is 1.64. The molecule has 1 aromatic carbocycles. The molecule has 0 radical (unpaired) electrons. The van der Waals surface area contributed by atoms with E-state index in [2.05, 4.69) is 15.6 Å². The number of aromatic nitrogens is 1. The lowest BCUT2D eigenvalue weighted by Crippen LogP contribution is -2.16. The first-order chi connectivity index (χ1) is 14.3. The quantitative estimate of drug-likeness (QED) is 0.545. The third-order valence-electron chi connectivity index (χ3n) is 5.21. The lowest BCUT2D eigenvalue weighted by Gasteiger charge is -2.13. The first-order valence-electron chi connectivity index (χ1n) is 9.98. The number of aryl methyl sites for hydroxylation is 1. The van der Waals surface area contributed by atoms with Gasteiger partial charge in [0.1, 0.15) is 10.8 Å². The van der Waals surface area contributed by atoms with Crippen LogP contribution < -0.4 is 15.4 Å². The maximum Gasteiger partial charge on any atom is 0.259 e. The second-order valence-corrected chi connectivity index (χ2v) is 8.24. The monoisotopic (exact) mass is 407 g/mol. The van der Waals surface area contributed by atoms with E-state index in [1.807, 2.05) is 36.4 Å². The van der Waals surface area contributed by atoms with Crippen molar-refractivity contribution in [2.24, 2.45) is 0 Å². The number of rotatable bonds is 6. The Labute approximate surface area is 175 Å². The van der Waals surface area contributed by atoms with Gasteiger partial charge in [0.05, 0.1) is 18.4 Å². The van der Waals surface area contributed by atoms with Crippen molar-refractivity contribution in [3.63, 3.8) is 0 Å². The van der Waals surface area contributed by atoms with Gasteiger partial charge in [-0.3, -0.25) is 9.78 Å². The molecule has 0 saturated heterocycles. The molecule has 0 saturated carbocycles. The third kappa shape index (κ3) is 4.43. The van der Waals surface area contributed by atoms with Crippen LogP contribution >= 0.6 is 11.3 Å². The zero-order valence-corrected chi connectivity index (χ0v) is 17.3. The van der Waals surface area contributed by atoms with E-state index < -0.39 is 0 Å². The number of hydrogen-bond acceptors (Lipinski definition) is 5. The largest absolute Gasteiger partial charge is 0.495 e. The molecule has 0 spiro atoms. The summed E-state index contributed by atoms with van der Waals surface area (Å²) in [6.45, 7) is 0.664. The number of methoxy groups -OCH3 is 1. The number of amides is 1. The van der Waals surface area contributed by atoms with E-state index >= 15 is 0 Å². The lowest BCUT2D eigenvalue weighted by atomic mass is 10.0. The molecule has 150 valence electrons. The Hall–Kier alpha value is -2.86. The summed E-state index contributed by atoms with van der Waals surface area (Å²) in [5.74, 6) is 0.583. The summed E-state index contributed by atoms with van der Waals surface area (Å²) in [7, 11) is 1.61. The highest BCUT2D eigenvalue weighted by molar-refractivity contribution is 7.16. The Kier molecular flexibility index (Phi) is 6.10. The van der Waals surface area contributed by atoms with Crippen molar-refractivity contribution < 1.29 is 9.53 Å². The van der Waals surface area contributed by atoms with Crippen molar-refractivity contribution in [3.05, 3.63) is 70.4 Å². The van der Waals surface area contributed by atoms with Gasteiger partial charge in [0.2, 0.25) is 0 Å². The number of carbonyl (C=O) groups is 1. The van der Waals surface area contributed by atoms with Crippen LogP contribution in [-0.4, -0.2) is 18.0 Å². The molecule has 0 unspecified atom stereocenters. The molecule has 5 nitrogen and oxygen atoms in total. The Bertz CT molecular complexity index is 985. The van der Waals surface area contributed by atoms with Crippen molar-refractivity contribution >= 4 is 27.9 Å². The maximum absolute atomic E-state index is 13.3. The van der Waals surface area contributed by atoms with Gasteiger partial charge in [-0.05, 0) is 61.1 Å². The minimum Gasteiger partial charge on any atom is -0.495 e. The molecule has 29 heavy (non-hydrogen) atoms. The minimum absolute atomic E-state index is 0.0777. The van der Waals surface area contributed by atoms with Crippen LogP contribution in [0.3, 0.4) is 0 Å². The topological polar surface area (TPSA) is 63.2 Å². The molecule has 2 heterocycles. The molecule has 0 aliphatic heterocycles. The Morgan fingerprint density at radius 1 is 1.10 bits per heavy atom. The molecule has 1 amide bonds. The van der Waals surface area contributed by atoms with Crippen molar-refractivity contribution in [1.82, 2.24) is 4.98 Å². The minimum atomic E-state index is -0.0777. The van der Waals surface area contributed by atoms with E-state index in [0.717, 1.165) is 35.4 Å². The molecule has 2 N–H and O–H groups in total. The van der Waals surface area contributed by atoms with Gasteiger partial charge in [-0.2, -0.15) is 0 Å². The van der Waals surface area contributed by atoms with E-state index in [1.54, 1.807) is 30.8 Å². The van der Waals surface area contributed by atoms with E-state index in [9.17, 15) is 4.79 Å². The predicted molar refractivity (Wildman–Crippen MR) is 118 cm³/mol. The molecule has 0 bridgehead atoms. The predicted octanol–water partition coefficient (Wildman–Crippen LogP) is 5.29. The van der Waals surface area contributed by atoms with E-state index in [4.69, 9.17) is 4.74 Å². The average Bonchev–Trinajstić information content (AvgIpc) is 2.94. The number of benzene rings is 1. The van der Waals surface area contributed by atoms with Gasteiger partial charge in [0.25, 0.3) is 5.91 Å². The second-order valence-electron chi connectivity index (χ2n) is 7.13. The van der Waals surface area contributed by atoms with Crippen LogP contribution in [0, 0.1) is 0 Å². The van der Waals surface area contributed by atoms with Crippen LogP contribution in [0.1, 0.15) is 45.6 Å². The summed E-state index contributed by atoms with van der Waals surface area (Å²) >= 11 is 1.72. The molecule has 1 aliphatic carbocycles. The van der Waals surface area contributed by atoms with Crippen LogP contribution in [0.5, 0.6) is 5.75 Å². The fraction of sp³-hybridized carbons (Fsp3) is 0.304. The number of thiophene rings is 1. The summed E-state index contributed by atoms with van der Waals surface area (Å²) in [4.78, 5) is 18.8. The molecule has 1 aliphatic rings. The summed E-state index contributed by atoms with van der Waals surface area (Å²) in [5, 5.41) is 7.51. The number of hydrogen-bond donors (Lipinski definition) is 2. The number of carbonyl (C=O) groups excluding carboxylic acids is 1. The van der Waals surface area contributed by atoms with Gasteiger partial charge < -0.3 is 15.4 Å². The number of ether oxygens (including phenoxy) is 1. The normalized spacial score (nSPS) is 13.3. The number of pyridine rings is 1. The maximum atomic E-state index is 13.3. The van der Waals surface area contributed by atoms with Gasteiger partial charge in [-0.1, -0.05) is 18.6 Å². The number of para-hydroxylation sites is 2. The van der Waals surface area contributed by atoms with E-state index in [0.29, 0.717) is 18.0 Å². The van der Waals surface area contributed by atoms with E-state index in [-0.39, 0.29) is 5.91 Å². The van der Waals surface area contributed by atoms with Crippen molar-refractivity contribution in [3.8, 4) is 5.75 Å². The molecule has 0 fully saturated rings. The van der Waals surface area contributed by atoms with Gasteiger partial charge >= 0.3 is 0 Å². The summed E-state index contributed by atoms with van der Waals surface area (Å²) in [6, 6.07) is 11.5. The number of fused-ring (bicyclic) bond motifs is 1. The highest BCUT2D eigenvalue weighted by atomic mass is 32.1. The zero-order valence-electron chi connectivity index (χ0n) is 16.5. The highest BCUT2D eigenvalue weighted by Gasteiger charge is 2.25. The summed E-state index contributed by atoms with van der Waals surface area (Å²) in [6.07, 6.45) is 9.11. The van der Waals surface area contributed by atoms with Crippen molar-refractivity contribution in [1.29, 1.82) is 0 Å². The molecule has 6 heteroatoms. The first-order valence-corrected chi connectivity index (χ1v) is 10.8. The van der Waals surface area contributed by atoms with Crippen LogP contribution in [0.2, 0.25) is 0 Å². The number of anilines is 2.